The quantitative estimate of drug-likeness (QED) is 0.483. The molecule has 3 rings (SSSR count). The third-order valence-electron chi connectivity index (χ3n) is 4.21. The number of anilines is 1. The Morgan fingerprint density at radius 1 is 1.03 bits per heavy atom. The number of thiazole rings is 1. The van der Waals surface area contributed by atoms with Gasteiger partial charge in [0.05, 0.1) is 19.9 Å². The molecule has 0 aliphatic carbocycles. The van der Waals surface area contributed by atoms with Crippen LogP contribution in [0.5, 0.6) is 11.5 Å². The van der Waals surface area contributed by atoms with Gasteiger partial charge in [0.2, 0.25) is 5.91 Å². The van der Waals surface area contributed by atoms with E-state index in [0.29, 0.717) is 11.6 Å². The van der Waals surface area contributed by atoms with Gasteiger partial charge in [-0.3, -0.25) is 4.79 Å². The molecular formula is C22H24N2O3S2. The van der Waals surface area contributed by atoms with Gasteiger partial charge in [-0.15, -0.1) is 11.3 Å². The third kappa shape index (κ3) is 6.80. The first-order valence-corrected chi connectivity index (χ1v) is 11.3. The van der Waals surface area contributed by atoms with Crippen LogP contribution in [0.1, 0.15) is 23.2 Å². The fraction of sp³-hybridized carbons (Fsp3) is 0.273. The molecule has 2 aromatic carbocycles. The second-order valence-electron chi connectivity index (χ2n) is 6.39. The van der Waals surface area contributed by atoms with E-state index in [1.165, 1.54) is 11.3 Å². The molecule has 1 heterocycles. The highest BCUT2D eigenvalue weighted by Gasteiger charge is 2.08. The fourth-order valence-corrected chi connectivity index (χ4v) is 4.43. The van der Waals surface area contributed by atoms with Crippen molar-refractivity contribution >= 4 is 34.1 Å². The number of aromatic nitrogens is 1. The van der Waals surface area contributed by atoms with Crippen LogP contribution in [-0.4, -0.2) is 25.1 Å². The van der Waals surface area contributed by atoms with Crippen LogP contribution in [0.25, 0.3) is 0 Å². The Morgan fingerprint density at radius 3 is 2.45 bits per heavy atom. The van der Waals surface area contributed by atoms with Crippen molar-refractivity contribution in [1.82, 2.24) is 4.98 Å². The molecule has 5 nitrogen and oxygen atoms in total. The molecule has 1 amide bonds. The predicted octanol–water partition coefficient (Wildman–Crippen LogP) is 5.17. The molecule has 0 saturated carbocycles. The van der Waals surface area contributed by atoms with E-state index in [0.717, 1.165) is 46.2 Å². The summed E-state index contributed by atoms with van der Waals surface area (Å²) in [5.41, 5.74) is 3.26. The van der Waals surface area contributed by atoms with Gasteiger partial charge in [0.15, 0.2) is 5.13 Å². The van der Waals surface area contributed by atoms with Gasteiger partial charge in [-0.1, -0.05) is 30.3 Å². The lowest BCUT2D eigenvalue weighted by Crippen LogP contribution is -2.12. The number of carbonyl (C=O) groups excluding carboxylic acids is 1. The van der Waals surface area contributed by atoms with E-state index in [2.05, 4.69) is 10.3 Å². The number of amides is 1. The van der Waals surface area contributed by atoms with Gasteiger partial charge in [0, 0.05) is 29.4 Å². The molecule has 0 fully saturated rings. The zero-order valence-corrected chi connectivity index (χ0v) is 18.1. The average Bonchev–Trinajstić information content (AvgIpc) is 3.19. The number of carbonyl (C=O) groups is 1. The Hall–Kier alpha value is -2.51. The summed E-state index contributed by atoms with van der Waals surface area (Å²) < 4.78 is 10.6. The Balaban J connectivity index is 1.45. The maximum absolute atomic E-state index is 12.1. The van der Waals surface area contributed by atoms with Crippen LogP contribution in [0.15, 0.2) is 53.9 Å². The molecule has 0 aliphatic rings. The van der Waals surface area contributed by atoms with Crippen molar-refractivity contribution in [2.45, 2.75) is 24.3 Å². The van der Waals surface area contributed by atoms with Crippen LogP contribution in [0, 0.1) is 0 Å². The lowest BCUT2D eigenvalue weighted by molar-refractivity contribution is -0.116. The first-order chi connectivity index (χ1) is 14.2. The lowest BCUT2D eigenvalue weighted by atomic mass is 10.1. The third-order valence-corrected chi connectivity index (χ3v) is 6.06. The van der Waals surface area contributed by atoms with E-state index in [1.807, 2.05) is 53.9 Å². The van der Waals surface area contributed by atoms with Crippen molar-refractivity contribution in [2.24, 2.45) is 0 Å². The summed E-state index contributed by atoms with van der Waals surface area (Å²) in [7, 11) is 3.30. The Morgan fingerprint density at radius 2 is 1.76 bits per heavy atom. The van der Waals surface area contributed by atoms with Crippen LogP contribution in [0.4, 0.5) is 5.13 Å². The number of hydrogen-bond acceptors (Lipinski definition) is 6. The Kier molecular flexibility index (Phi) is 7.95. The number of aryl methyl sites for hydroxylation is 1. The van der Waals surface area contributed by atoms with Crippen molar-refractivity contribution in [2.75, 3.05) is 19.5 Å². The van der Waals surface area contributed by atoms with Gasteiger partial charge < -0.3 is 14.8 Å². The summed E-state index contributed by atoms with van der Waals surface area (Å²) >= 11 is 3.22. The molecule has 152 valence electrons. The monoisotopic (exact) mass is 428 g/mol. The summed E-state index contributed by atoms with van der Waals surface area (Å²) in [5.74, 6) is 3.16. The summed E-state index contributed by atoms with van der Waals surface area (Å²) in [6, 6.07) is 15.9. The van der Waals surface area contributed by atoms with Crippen LogP contribution in [-0.2, 0) is 22.7 Å². The van der Waals surface area contributed by atoms with E-state index in [4.69, 9.17) is 9.47 Å². The van der Waals surface area contributed by atoms with Crippen LogP contribution >= 0.6 is 23.1 Å². The first kappa shape index (κ1) is 21.2. The van der Waals surface area contributed by atoms with Crippen molar-refractivity contribution in [3.8, 4) is 11.5 Å². The van der Waals surface area contributed by atoms with Gasteiger partial charge in [0.1, 0.15) is 11.5 Å². The number of nitrogens with one attached hydrogen (secondary N) is 1. The number of hydrogen-bond donors (Lipinski definition) is 1. The molecule has 0 spiro atoms. The molecule has 0 saturated heterocycles. The molecular weight excluding hydrogens is 404 g/mol. The highest BCUT2D eigenvalue weighted by Crippen LogP contribution is 2.27. The number of benzene rings is 2. The van der Waals surface area contributed by atoms with Crippen LogP contribution < -0.4 is 14.8 Å². The molecule has 1 N–H and O–H groups in total. The molecule has 29 heavy (non-hydrogen) atoms. The fourth-order valence-electron chi connectivity index (χ4n) is 2.74. The number of rotatable bonds is 10. The van der Waals surface area contributed by atoms with Crippen LogP contribution in [0.3, 0.4) is 0 Å². The predicted molar refractivity (Wildman–Crippen MR) is 120 cm³/mol. The zero-order valence-electron chi connectivity index (χ0n) is 16.5. The lowest BCUT2D eigenvalue weighted by Gasteiger charge is -2.08. The van der Waals surface area contributed by atoms with E-state index < -0.39 is 0 Å². The molecule has 0 bridgehead atoms. The van der Waals surface area contributed by atoms with Crippen molar-refractivity contribution in [3.63, 3.8) is 0 Å². The van der Waals surface area contributed by atoms with E-state index in [1.54, 1.807) is 26.0 Å². The van der Waals surface area contributed by atoms with Gasteiger partial charge in [0.25, 0.3) is 0 Å². The van der Waals surface area contributed by atoms with Gasteiger partial charge in [-0.2, -0.15) is 11.8 Å². The summed E-state index contributed by atoms with van der Waals surface area (Å²) in [6.07, 6.45) is 1.18. The minimum absolute atomic E-state index is 0.00844. The molecule has 0 unspecified atom stereocenters. The number of ether oxygens (including phenoxy) is 2. The van der Waals surface area contributed by atoms with E-state index in [-0.39, 0.29) is 5.91 Å². The largest absolute Gasteiger partial charge is 0.497 e. The van der Waals surface area contributed by atoms with Crippen molar-refractivity contribution < 1.29 is 14.3 Å². The summed E-state index contributed by atoms with van der Waals surface area (Å²) in [5, 5.41) is 5.54. The molecule has 3 aromatic rings. The minimum Gasteiger partial charge on any atom is -0.497 e. The SMILES string of the molecule is COc1cc(CSCc2csc(NC(=O)CCc3ccccc3)n2)cc(OC)c1. The van der Waals surface area contributed by atoms with E-state index >= 15 is 0 Å². The van der Waals surface area contributed by atoms with Gasteiger partial charge in [-0.25, -0.2) is 4.98 Å². The first-order valence-electron chi connectivity index (χ1n) is 9.24. The summed E-state index contributed by atoms with van der Waals surface area (Å²) in [4.78, 5) is 16.7. The number of methoxy groups -OCH3 is 2. The van der Waals surface area contributed by atoms with Crippen molar-refractivity contribution in [3.05, 3.63) is 70.7 Å². The maximum atomic E-state index is 12.1. The highest BCUT2D eigenvalue weighted by atomic mass is 32.2. The minimum atomic E-state index is -0.00844. The highest BCUT2D eigenvalue weighted by molar-refractivity contribution is 7.97. The Bertz CT molecular complexity index is 907. The van der Waals surface area contributed by atoms with E-state index in [9.17, 15) is 4.79 Å². The smallest absolute Gasteiger partial charge is 0.226 e. The number of nitrogens with zero attached hydrogens (tertiary/aromatic N) is 1. The zero-order chi connectivity index (χ0) is 20.5. The maximum Gasteiger partial charge on any atom is 0.226 e. The second kappa shape index (κ2) is 10.9. The number of thioether (sulfide) groups is 1. The molecule has 0 atom stereocenters. The average molecular weight is 429 g/mol. The second-order valence-corrected chi connectivity index (χ2v) is 8.24. The summed E-state index contributed by atoms with van der Waals surface area (Å²) in [6.45, 7) is 0. The molecule has 0 radical (unpaired) electrons. The van der Waals surface area contributed by atoms with Crippen LogP contribution in [0.2, 0.25) is 0 Å². The molecule has 7 heteroatoms. The molecule has 0 aliphatic heterocycles. The van der Waals surface area contributed by atoms with Gasteiger partial charge in [-0.05, 0) is 29.7 Å². The van der Waals surface area contributed by atoms with Gasteiger partial charge >= 0.3 is 0 Å². The topological polar surface area (TPSA) is 60.5 Å². The normalized spacial score (nSPS) is 10.6. The van der Waals surface area contributed by atoms with Crippen molar-refractivity contribution in [1.29, 1.82) is 0 Å². The molecule has 1 aromatic heterocycles. The Labute approximate surface area is 179 Å². The standard InChI is InChI=1S/C22H24N2O3S2/c1-26-19-10-17(11-20(12-19)27-2)13-28-14-18-15-29-22(23-18)24-21(25)9-8-16-6-4-3-5-7-16/h3-7,10-12,15H,8-9,13-14H2,1-2H3,(H,23,24,25).